The molecule has 0 spiro atoms. The summed E-state index contributed by atoms with van der Waals surface area (Å²) in [4.78, 5) is 26.9. The van der Waals surface area contributed by atoms with Gasteiger partial charge in [-0.3, -0.25) is 20.4 Å². The zero-order valence-corrected chi connectivity index (χ0v) is 19.7. The van der Waals surface area contributed by atoms with Crippen LogP contribution in [-0.2, 0) is 22.6 Å². The Kier molecular flexibility index (Phi) is 7.50. The Hall–Kier alpha value is -4.07. The standard InChI is InChI=1S/C27H28FN3O4/c1-3-18-6-11-23(12-7-18)31-16-20(14-26(31)32)27(33)30-29-22-10-13-24(25(15-22)34-2)35-17-19-4-8-21(28)9-5-19/h4-13,15,20,29H,3,14,16-17H2,1-2H3,(H,30,33)/t20-/m0/s1. The highest BCUT2D eigenvalue weighted by molar-refractivity contribution is 6.00. The molecule has 0 radical (unpaired) electrons. The van der Waals surface area contributed by atoms with Gasteiger partial charge in [-0.1, -0.05) is 31.2 Å². The quantitative estimate of drug-likeness (QED) is 0.445. The number of nitrogens with one attached hydrogen (secondary N) is 2. The third kappa shape index (κ3) is 5.90. The monoisotopic (exact) mass is 477 g/mol. The summed E-state index contributed by atoms with van der Waals surface area (Å²) >= 11 is 0. The largest absolute Gasteiger partial charge is 0.493 e. The highest BCUT2D eigenvalue weighted by atomic mass is 19.1. The Morgan fingerprint density at radius 3 is 2.43 bits per heavy atom. The molecule has 0 unspecified atom stereocenters. The number of hydrogen-bond donors (Lipinski definition) is 2. The number of carbonyl (C=O) groups is 2. The fourth-order valence-corrected chi connectivity index (χ4v) is 3.89. The zero-order valence-electron chi connectivity index (χ0n) is 19.7. The van der Waals surface area contributed by atoms with Gasteiger partial charge in [-0.05, 0) is 53.9 Å². The molecule has 2 N–H and O–H groups in total. The van der Waals surface area contributed by atoms with Crippen molar-refractivity contribution in [1.29, 1.82) is 0 Å². The number of halogens is 1. The first-order chi connectivity index (χ1) is 17.0. The van der Waals surface area contributed by atoms with Gasteiger partial charge in [-0.25, -0.2) is 4.39 Å². The highest BCUT2D eigenvalue weighted by Gasteiger charge is 2.35. The molecular weight excluding hydrogens is 449 g/mol. The van der Waals surface area contributed by atoms with Crippen LogP contribution in [0.25, 0.3) is 0 Å². The van der Waals surface area contributed by atoms with E-state index in [1.165, 1.54) is 24.8 Å². The van der Waals surface area contributed by atoms with Crippen LogP contribution < -0.4 is 25.2 Å². The number of nitrogens with zero attached hydrogens (tertiary/aromatic N) is 1. The van der Waals surface area contributed by atoms with Gasteiger partial charge in [-0.15, -0.1) is 0 Å². The molecule has 2 amide bonds. The van der Waals surface area contributed by atoms with Gasteiger partial charge in [0.2, 0.25) is 11.8 Å². The second-order valence-electron chi connectivity index (χ2n) is 8.32. The lowest BCUT2D eigenvalue weighted by Gasteiger charge is -2.17. The number of methoxy groups -OCH3 is 1. The van der Waals surface area contributed by atoms with Crippen molar-refractivity contribution in [3.8, 4) is 11.5 Å². The van der Waals surface area contributed by atoms with Crippen molar-refractivity contribution >= 4 is 23.2 Å². The van der Waals surface area contributed by atoms with E-state index in [1.54, 1.807) is 35.2 Å². The number of carbonyl (C=O) groups excluding carboxylic acids is 2. The van der Waals surface area contributed by atoms with E-state index in [0.717, 1.165) is 17.7 Å². The van der Waals surface area contributed by atoms with Crippen LogP contribution in [0.3, 0.4) is 0 Å². The number of hydrogen-bond acceptors (Lipinski definition) is 5. The summed E-state index contributed by atoms with van der Waals surface area (Å²) in [6.07, 6.45) is 1.08. The van der Waals surface area contributed by atoms with E-state index < -0.39 is 5.92 Å². The summed E-state index contributed by atoms with van der Waals surface area (Å²) in [6.45, 7) is 2.67. The van der Waals surface area contributed by atoms with Gasteiger partial charge in [0.15, 0.2) is 11.5 Å². The van der Waals surface area contributed by atoms with Gasteiger partial charge in [-0.2, -0.15) is 0 Å². The van der Waals surface area contributed by atoms with Crippen molar-refractivity contribution < 1.29 is 23.5 Å². The Morgan fingerprint density at radius 2 is 1.74 bits per heavy atom. The van der Waals surface area contributed by atoms with E-state index in [4.69, 9.17) is 9.47 Å². The summed E-state index contributed by atoms with van der Waals surface area (Å²) < 4.78 is 24.3. The molecule has 182 valence electrons. The molecular formula is C27H28FN3O4. The van der Waals surface area contributed by atoms with Gasteiger partial charge >= 0.3 is 0 Å². The molecule has 7 nitrogen and oxygen atoms in total. The topological polar surface area (TPSA) is 79.9 Å². The van der Waals surface area contributed by atoms with Gasteiger partial charge in [0.1, 0.15) is 12.4 Å². The minimum atomic E-state index is -0.457. The van der Waals surface area contributed by atoms with Gasteiger partial charge in [0.25, 0.3) is 0 Å². The molecule has 1 fully saturated rings. The Balaban J connectivity index is 1.32. The van der Waals surface area contributed by atoms with Crippen LogP contribution in [0.15, 0.2) is 66.7 Å². The summed E-state index contributed by atoms with van der Waals surface area (Å²) in [5.41, 5.74) is 8.99. The lowest BCUT2D eigenvalue weighted by atomic mass is 10.1. The summed E-state index contributed by atoms with van der Waals surface area (Å²) in [6, 6.07) is 19.1. The van der Waals surface area contributed by atoms with Crippen LogP contribution in [0, 0.1) is 11.7 Å². The Bertz CT molecular complexity index is 1180. The molecule has 0 saturated carbocycles. The van der Waals surface area contributed by atoms with E-state index in [-0.39, 0.29) is 30.7 Å². The molecule has 1 saturated heterocycles. The fraction of sp³-hybridized carbons (Fsp3) is 0.259. The van der Waals surface area contributed by atoms with Crippen LogP contribution in [-0.4, -0.2) is 25.5 Å². The van der Waals surface area contributed by atoms with E-state index in [9.17, 15) is 14.0 Å². The molecule has 35 heavy (non-hydrogen) atoms. The molecule has 1 atom stereocenters. The number of hydrazine groups is 1. The highest BCUT2D eigenvalue weighted by Crippen LogP contribution is 2.31. The third-order valence-corrected chi connectivity index (χ3v) is 5.95. The van der Waals surface area contributed by atoms with Crippen molar-refractivity contribution in [3.05, 3.63) is 83.7 Å². The van der Waals surface area contributed by atoms with Gasteiger partial charge in [0, 0.05) is 24.7 Å². The zero-order chi connectivity index (χ0) is 24.8. The molecule has 0 aromatic heterocycles. The summed E-state index contributed by atoms with van der Waals surface area (Å²) in [5, 5.41) is 0. The normalized spacial score (nSPS) is 15.1. The van der Waals surface area contributed by atoms with Crippen LogP contribution in [0.4, 0.5) is 15.8 Å². The second kappa shape index (κ2) is 10.9. The lowest BCUT2D eigenvalue weighted by Crippen LogP contribution is -2.36. The number of amides is 2. The van der Waals surface area contributed by atoms with E-state index in [2.05, 4.69) is 17.8 Å². The van der Waals surface area contributed by atoms with Crippen molar-refractivity contribution in [1.82, 2.24) is 5.43 Å². The summed E-state index contributed by atoms with van der Waals surface area (Å²) in [7, 11) is 1.52. The first kappa shape index (κ1) is 24.1. The molecule has 1 aliphatic heterocycles. The maximum Gasteiger partial charge on any atom is 0.243 e. The van der Waals surface area contributed by atoms with E-state index in [0.29, 0.717) is 23.7 Å². The van der Waals surface area contributed by atoms with Crippen LogP contribution in [0.2, 0.25) is 0 Å². The van der Waals surface area contributed by atoms with Crippen LogP contribution in [0.5, 0.6) is 11.5 Å². The smallest absolute Gasteiger partial charge is 0.243 e. The number of aryl methyl sites for hydroxylation is 1. The molecule has 4 rings (SSSR count). The first-order valence-electron chi connectivity index (χ1n) is 11.5. The van der Waals surface area contributed by atoms with Gasteiger partial charge in [0.05, 0.1) is 18.7 Å². The third-order valence-electron chi connectivity index (χ3n) is 5.95. The molecule has 0 bridgehead atoms. The minimum absolute atomic E-state index is 0.0706. The molecule has 0 aliphatic carbocycles. The Labute approximate surface area is 203 Å². The van der Waals surface area contributed by atoms with Crippen molar-refractivity contribution in [3.63, 3.8) is 0 Å². The fourth-order valence-electron chi connectivity index (χ4n) is 3.89. The number of rotatable bonds is 9. The van der Waals surface area contributed by atoms with E-state index in [1.807, 2.05) is 24.3 Å². The predicted molar refractivity (Wildman–Crippen MR) is 132 cm³/mol. The maximum absolute atomic E-state index is 13.1. The Morgan fingerprint density at radius 1 is 1.03 bits per heavy atom. The van der Waals surface area contributed by atoms with E-state index >= 15 is 0 Å². The molecule has 3 aromatic carbocycles. The molecule has 1 heterocycles. The summed E-state index contributed by atoms with van der Waals surface area (Å²) in [5.74, 6) is -0.102. The second-order valence-corrected chi connectivity index (χ2v) is 8.32. The number of benzene rings is 3. The average Bonchev–Trinajstić information content (AvgIpc) is 3.28. The van der Waals surface area contributed by atoms with Crippen molar-refractivity contribution in [2.24, 2.45) is 5.92 Å². The molecule has 1 aliphatic rings. The predicted octanol–water partition coefficient (Wildman–Crippen LogP) is 4.47. The van der Waals surface area contributed by atoms with Crippen molar-refractivity contribution in [2.75, 3.05) is 24.0 Å². The SMILES string of the molecule is CCc1ccc(N2C[C@@H](C(=O)NNc3ccc(OCc4ccc(F)cc4)c(OC)c3)CC2=O)cc1. The van der Waals surface area contributed by atoms with Crippen LogP contribution in [0.1, 0.15) is 24.5 Å². The molecule has 3 aromatic rings. The van der Waals surface area contributed by atoms with Crippen LogP contribution >= 0.6 is 0 Å². The lowest BCUT2D eigenvalue weighted by molar-refractivity contribution is -0.125. The average molecular weight is 478 g/mol. The number of ether oxygens (including phenoxy) is 2. The number of anilines is 2. The minimum Gasteiger partial charge on any atom is -0.493 e. The van der Waals surface area contributed by atoms with Crippen molar-refractivity contribution in [2.45, 2.75) is 26.4 Å². The molecule has 8 heteroatoms. The maximum atomic E-state index is 13.1. The first-order valence-corrected chi connectivity index (χ1v) is 11.5. The van der Waals surface area contributed by atoms with Gasteiger partial charge < -0.3 is 14.4 Å².